The molecule has 0 aliphatic rings. The molecule has 0 aromatic carbocycles. The van der Waals surface area contributed by atoms with Crippen molar-refractivity contribution in [2.45, 2.75) is 33.6 Å². The van der Waals surface area contributed by atoms with Gasteiger partial charge in [-0.25, -0.2) is 0 Å². The fraction of sp³-hybridized carbons (Fsp3) is 0.571. The molecule has 0 saturated carbocycles. The Balaban J connectivity index is 2.84. The third kappa shape index (κ3) is 4.91. The molecular weight excluding hydrogens is 276 g/mol. The van der Waals surface area contributed by atoms with Gasteiger partial charge in [0.25, 0.3) is 5.91 Å². The van der Waals surface area contributed by atoms with Crippen molar-refractivity contribution < 1.29 is 4.79 Å². The monoisotopic (exact) mass is 298 g/mol. The van der Waals surface area contributed by atoms with E-state index >= 15 is 0 Å². The quantitative estimate of drug-likeness (QED) is 0.787. The van der Waals surface area contributed by atoms with Crippen LogP contribution in [0, 0.1) is 5.92 Å². The first-order valence-corrected chi connectivity index (χ1v) is 7.88. The topological polar surface area (TPSA) is 46.3 Å². The van der Waals surface area contributed by atoms with Gasteiger partial charge in [-0.15, -0.1) is 11.3 Å². The maximum Gasteiger partial charge on any atom is 0.264 e. The number of thiocarbonyl (C=S) groups is 1. The van der Waals surface area contributed by atoms with E-state index in [1.54, 1.807) is 0 Å². The van der Waals surface area contributed by atoms with E-state index in [2.05, 4.69) is 20.8 Å². The van der Waals surface area contributed by atoms with E-state index in [9.17, 15) is 4.79 Å². The molecule has 0 bridgehead atoms. The van der Waals surface area contributed by atoms with Crippen molar-refractivity contribution >= 4 is 34.5 Å². The molecule has 0 aliphatic heterocycles. The third-order valence-corrected chi connectivity index (χ3v) is 3.97. The Hall–Kier alpha value is -0.940. The second kappa shape index (κ2) is 7.60. The highest BCUT2D eigenvalue weighted by molar-refractivity contribution is 7.80. The standard InChI is InChI=1S/C14H22N2OS2/c1-4-11-6-8-19-13(11)14(17)16(9-10(2)3)7-5-12(15)18/h6,8,10H,4-5,7,9H2,1-3H3,(H2,15,18). The van der Waals surface area contributed by atoms with Gasteiger partial charge in [-0.05, 0) is 29.3 Å². The van der Waals surface area contributed by atoms with Gasteiger partial charge in [0.1, 0.15) is 0 Å². The van der Waals surface area contributed by atoms with Crippen LogP contribution in [-0.2, 0) is 6.42 Å². The summed E-state index contributed by atoms with van der Waals surface area (Å²) in [6.07, 6.45) is 1.47. The average Bonchev–Trinajstić information content (AvgIpc) is 2.81. The van der Waals surface area contributed by atoms with E-state index < -0.39 is 0 Å². The molecule has 1 heterocycles. The first-order chi connectivity index (χ1) is 8.95. The molecule has 2 N–H and O–H groups in total. The number of thiophene rings is 1. The summed E-state index contributed by atoms with van der Waals surface area (Å²) in [5, 5.41) is 1.98. The Morgan fingerprint density at radius 2 is 2.21 bits per heavy atom. The summed E-state index contributed by atoms with van der Waals surface area (Å²) in [4.78, 5) is 15.8. The highest BCUT2D eigenvalue weighted by Gasteiger charge is 2.20. The first-order valence-electron chi connectivity index (χ1n) is 6.59. The van der Waals surface area contributed by atoms with Crippen molar-refractivity contribution in [3.8, 4) is 0 Å². The number of hydrogen-bond donors (Lipinski definition) is 1. The molecule has 0 radical (unpaired) electrons. The number of rotatable bonds is 7. The summed E-state index contributed by atoms with van der Waals surface area (Å²) in [6, 6.07) is 2.03. The molecule has 0 aliphatic carbocycles. The van der Waals surface area contributed by atoms with Crippen LogP contribution in [-0.4, -0.2) is 28.9 Å². The number of carbonyl (C=O) groups is 1. The van der Waals surface area contributed by atoms with Crippen molar-refractivity contribution in [2.75, 3.05) is 13.1 Å². The van der Waals surface area contributed by atoms with E-state index in [4.69, 9.17) is 18.0 Å². The molecule has 1 aromatic heterocycles. The van der Waals surface area contributed by atoms with Crippen LogP contribution in [0.1, 0.15) is 42.4 Å². The second-order valence-electron chi connectivity index (χ2n) is 4.99. The van der Waals surface area contributed by atoms with Gasteiger partial charge in [0.05, 0.1) is 9.87 Å². The molecule has 0 saturated heterocycles. The zero-order valence-corrected chi connectivity index (χ0v) is 13.4. The Bertz CT molecular complexity index is 440. The summed E-state index contributed by atoms with van der Waals surface area (Å²) >= 11 is 6.42. The molecule has 106 valence electrons. The fourth-order valence-electron chi connectivity index (χ4n) is 1.91. The summed E-state index contributed by atoms with van der Waals surface area (Å²) < 4.78 is 0. The maximum absolute atomic E-state index is 12.6. The fourth-order valence-corrected chi connectivity index (χ4v) is 2.96. The van der Waals surface area contributed by atoms with Gasteiger partial charge in [-0.1, -0.05) is 33.0 Å². The number of carbonyl (C=O) groups excluding carboxylic acids is 1. The minimum absolute atomic E-state index is 0.108. The van der Waals surface area contributed by atoms with Gasteiger partial charge in [0, 0.05) is 19.5 Å². The van der Waals surface area contributed by atoms with Gasteiger partial charge >= 0.3 is 0 Å². The molecular formula is C14H22N2OS2. The van der Waals surface area contributed by atoms with Crippen LogP contribution in [0.15, 0.2) is 11.4 Å². The lowest BCUT2D eigenvalue weighted by Gasteiger charge is -2.24. The molecule has 5 heteroatoms. The van der Waals surface area contributed by atoms with Crippen molar-refractivity contribution in [1.82, 2.24) is 4.90 Å². The largest absolute Gasteiger partial charge is 0.393 e. The minimum atomic E-state index is 0.108. The van der Waals surface area contributed by atoms with E-state index in [1.165, 1.54) is 11.3 Å². The van der Waals surface area contributed by atoms with Crippen LogP contribution in [0.25, 0.3) is 0 Å². The van der Waals surface area contributed by atoms with E-state index in [0.717, 1.165) is 23.4 Å². The predicted octanol–water partition coefficient (Wildman–Crippen LogP) is 3.08. The Labute approximate surface area is 124 Å². The van der Waals surface area contributed by atoms with Gasteiger partial charge in [0.2, 0.25) is 0 Å². The van der Waals surface area contributed by atoms with Crippen LogP contribution in [0.2, 0.25) is 0 Å². The van der Waals surface area contributed by atoms with Crippen molar-refractivity contribution in [1.29, 1.82) is 0 Å². The number of hydrogen-bond acceptors (Lipinski definition) is 3. The van der Waals surface area contributed by atoms with Crippen LogP contribution in [0.3, 0.4) is 0 Å². The molecule has 1 aromatic rings. The molecule has 0 fully saturated rings. The first kappa shape index (κ1) is 16.1. The SMILES string of the molecule is CCc1ccsc1C(=O)N(CCC(N)=S)CC(C)C. The highest BCUT2D eigenvalue weighted by Crippen LogP contribution is 2.20. The Morgan fingerprint density at radius 1 is 1.53 bits per heavy atom. The van der Waals surface area contributed by atoms with Crippen LogP contribution in [0.5, 0.6) is 0 Å². The highest BCUT2D eigenvalue weighted by atomic mass is 32.1. The van der Waals surface area contributed by atoms with E-state index in [-0.39, 0.29) is 5.91 Å². The summed E-state index contributed by atoms with van der Waals surface area (Å²) in [5.41, 5.74) is 6.67. The average molecular weight is 298 g/mol. The maximum atomic E-state index is 12.6. The van der Waals surface area contributed by atoms with Crippen molar-refractivity contribution in [3.05, 3.63) is 21.9 Å². The summed E-state index contributed by atoms with van der Waals surface area (Å²) in [7, 11) is 0. The van der Waals surface area contributed by atoms with E-state index in [0.29, 0.717) is 23.9 Å². The Kier molecular flexibility index (Phi) is 6.45. The minimum Gasteiger partial charge on any atom is -0.393 e. The van der Waals surface area contributed by atoms with Crippen LogP contribution >= 0.6 is 23.6 Å². The van der Waals surface area contributed by atoms with Crippen molar-refractivity contribution in [3.63, 3.8) is 0 Å². The molecule has 0 unspecified atom stereocenters. The molecule has 1 rings (SSSR count). The summed E-state index contributed by atoms with van der Waals surface area (Å²) in [6.45, 7) is 7.63. The van der Waals surface area contributed by atoms with Gasteiger partial charge in [-0.3, -0.25) is 4.79 Å². The number of nitrogens with two attached hydrogens (primary N) is 1. The number of aryl methyl sites for hydroxylation is 1. The smallest absolute Gasteiger partial charge is 0.264 e. The summed E-state index contributed by atoms with van der Waals surface area (Å²) in [5.74, 6) is 0.539. The predicted molar refractivity (Wildman–Crippen MR) is 85.8 cm³/mol. The lowest BCUT2D eigenvalue weighted by Crippen LogP contribution is -2.36. The van der Waals surface area contributed by atoms with Gasteiger partial charge < -0.3 is 10.6 Å². The lowest BCUT2D eigenvalue weighted by atomic mass is 10.1. The van der Waals surface area contributed by atoms with Gasteiger partial charge in [-0.2, -0.15) is 0 Å². The molecule has 0 spiro atoms. The van der Waals surface area contributed by atoms with Gasteiger partial charge in [0.15, 0.2) is 0 Å². The van der Waals surface area contributed by atoms with Crippen LogP contribution < -0.4 is 5.73 Å². The second-order valence-corrected chi connectivity index (χ2v) is 6.43. The van der Waals surface area contributed by atoms with Crippen LogP contribution in [0.4, 0.5) is 0 Å². The third-order valence-electron chi connectivity index (χ3n) is 2.82. The lowest BCUT2D eigenvalue weighted by molar-refractivity contribution is 0.0745. The molecule has 0 atom stereocenters. The molecule has 3 nitrogen and oxygen atoms in total. The number of nitrogens with zero attached hydrogens (tertiary/aromatic N) is 1. The number of amides is 1. The zero-order chi connectivity index (χ0) is 14.4. The normalized spacial score (nSPS) is 10.7. The molecule has 19 heavy (non-hydrogen) atoms. The Morgan fingerprint density at radius 3 is 2.74 bits per heavy atom. The molecule has 1 amide bonds. The zero-order valence-electron chi connectivity index (χ0n) is 11.8. The van der Waals surface area contributed by atoms with E-state index in [1.807, 2.05) is 16.3 Å². The van der Waals surface area contributed by atoms with Crippen molar-refractivity contribution in [2.24, 2.45) is 11.7 Å².